The molecule has 0 bridgehead atoms. The molecule has 4 amide bonds. The number of nitrogens with zero attached hydrogens (tertiary/aromatic N) is 2. The molecule has 1 aromatic carbocycles. The lowest BCUT2D eigenvalue weighted by molar-refractivity contribution is 0.0655. The lowest BCUT2D eigenvalue weighted by atomic mass is 10.1. The summed E-state index contributed by atoms with van der Waals surface area (Å²) >= 11 is 0. The maximum atomic E-state index is 12.1. The molecule has 22 heavy (non-hydrogen) atoms. The van der Waals surface area contributed by atoms with Crippen LogP contribution in [0, 0.1) is 0 Å². The number of hydrogen-bond acceptors (Lipinski definition) is 4. The van der Waals surface area contributed by atoms with Crippen LogP contribution in [0.5, 0.6) is 0 Å². The molecule has 2 rings (SSSR count). The predicted molar refractivity (Wildman–Crippen MR) is 79.5 cm³/mol. The highest BCUT2D eigenvalue weighted by atomic mass is 16.3. The highest BCUT2D eigenvalue weighted by Crippen LogP contribution is 2.21. The van der Waals surface area contributed by atoms with Crippen molar-refractivity contribution in [3.05, 3.63) is 35.4 Å². The van der Waals surface area contributed by atoms with Crippen molar-refractivity contribution in [2.45, 2.75) is 6.92 Å². The second-order valence-electron chi connectivity index (χ2n) is 4.84. The van der Waals surface area contributed by atoms with E-state index in [1.807, 2.05) is 0 Å². The van der Waals surface area contributed by atoms with Crippen molar-refractivity contribution in [3.8, 4) is 0 Å². The molecule has 7 nitrogen and oxygen atoms in total. The SMILES string of the molecule is CCN(CCO)C(=O)NCCN1C(=O)c2ccccc2C1=O. The molecule has 7 heteroatoms. The molecule has 0 atom stereocenters. The molecular weight excluding hydrogens is 286 g/mol. The third kappa shape index (κ3) is 3.09. The zero-order chi connectivity index (χ0) is 16.1. The number of aliphatic hydroxyl groups excluding tert-OH is 1. The van der Waals surface area contributed by atoms with E-state index in [-0.39, 0.29) is 44.1 Å². The highest BCUT2D eigenvalue weighted by molar-refractivity contribution is 6.21. The highest BCUT2D eigenvalue weighted by Gasteiger charge is 2.34. The predicted octanol–water partition coefficient (Wildman–Crippen LogP) is 0.306. The summed E-state index contributed by atoms with van der Waals surface area (Å²) in [5.41, 5.74) is 0.795. The van der Waals surface area contributed by atoms with Crippen LogP contribution in [-0.4, -0.2) is 65.5 Å². The Hall–Kier alpha value is -2.41. The second kappa shape index (κ2) is 7.04. The first-order valence-electron chi connectivity index (χ1n) is 7.19. The molecule has 1 aliphatic rings. The van der Waals surface area contributed by atoms with Crippen LogP contribution in [0.15, 0.2) is 24.3 Å². The molecular formula is C15H19N3O4. The summed E-state index contributed by atoms with van der Waals surface area (Å²) < 4.78 is 0. The van der Waals surface area contributed by atoms with Gasteiger partial charge in [-0.05, 0) is 19.1 Å². The van der Waals surface area contributed by atoms with Crippen molar-refractivity contribution >= 4 is 17.8 Å². The zero-order valence-corrected chi connectivity index (χ0v) is 12.4. The first-order valence-corrected chi connectivity index (χ1v) is 7.19. The number of aliphatic hydroxyl groups is 1. The average molecular weight is 305 g/mol. The van der Waals surface area contributed by atoms with Crippen molar-refractivity contribution in [1.29, 1.82) is 0 Å². The molecule has 0 aliphatic carbocycles. The van der Waals surface area contributed by atoms with E-state index in [1.54, 1.807) is 31.2 Å². The first kappa shape index (κ1) is 16.0. The summed E-state index contributed by atoms with van der Waals surface area (Å²) in [7, 11) is 0. The van der Waals surface area contributed by atoms with Gasteiger partial charge in [0, 0.05) is 26.2 Å². The van der Waals surface area contributed by atoms with E-state index in [0.29, 0.717) is 17.7 Å². The van der Waals surface area contributed by atoms with Crippen LogP contribution in [-0.2, 0) is 0 Å². The van der Waals surface area contributed by atoms with Gasteiger partial charge in [0.15, 0.2) is 0 Å². The minimum absolute atomic E-state index is 0.111. The van der Waals surface area contributed by atoms with Gasteiger partial charge in [-0.2, -0.15) is 0 Å². The fraction of sp³-hybridized carbons (Fsp3) is 0.400. The van der Waals surface area contributed by atoms with E-state index in [9.17, 15) is 14.4 Å². The zero-order valence-electron chi connectivity index (χ0n) is 12.4. The van der Waals surface area contributed by atoms with Crippen LogP contribution < -0.4 is 5.32 Å². The fourth-order valence-corrected chi connectivity index (χ4v) is 2.35. The molecule has 0 saturated heterocycles. The molecule has 2 N–H and O–H groups in total. The van der Waals surface area contributed by atoms with E-state index in [2.05, 4.69) is 5.32 Å². The number of likely N-dealkylation sites (N-methyl/N-ethyl adjacent to an activating group) is 1. The van der Waals surface area contributed by atoms with Crippen molar-refractivity contribution in [2.75, 3.05) is 32.8 Å². The summed E-state index contributed by atoms with van der Waals surface area (Å²) in [6.07, 6.45) is 0. The number of benzene rings is 1. The van der Waals surface area contributed by atoms with Crippen LogP contribution in [0.1, 0.15) is 27.6 Å². The minimum Gasteiger partial charge on any atom is -0.395 e. The Morgan fingerprint density at radius 2 is 1.82 bits per heavy atom. The molecule has 1 heterocycles. The average Bonchev–Trinajstić information content (AvgIpc) is 2.77. The number of hydrogen-bond donors (Lipinski definition) is 2. The maximum Gasteiger partial charge on any atom is 0.317 e. The summed E-state index contributed by atoms with van der Waals surface area (Å²) in [5.74, 6) is -0.671. The number of urea groups is 1. The third-order valence-corrected chi connectivity index (χ3v) is 3.53. The molecule has 0 unspecified atom stereocenters. The van der Waals surface area contributed by atoms with E-state index >= 15 is 0 Å². The number of amides is 4. The Morgan fingerprint density at radius 3 is 2.32 bits per heavy atom. The van der Waals surface area contributed by atoms with Crippen LogP contribution in [0.3, 0.4) is 0 Å². The smallest absolute Gasteiger partial charge is 0.317 e. The number of carbonyl (C=O) groups excluding carboxylic acids is 3. The Kier molecular flexibility index (Phi) is 5.11. The molecule has 118 valence electrons. The topological polar surface area (TPSA) is 89.9 Å². The Bertz CT molecular complexity index is 553. The summed E-state index contributed by atoms with van der Waals surface area (Å²) in [6.45, 7) is 2.70. The van der Waals surface area contributed by atoms with E-state index in [1.165, 1.54) is 4.90 Å². The van der Waals surface area contributed by atoms with Gasteiger partial charge in [0.2, 0.25) is 0 Å². The molecule has 0 radical (unpaired) electrons. The molecule has 0 fully saturated rings. The quantitative estimate of drug-likeness (QED) is 0.740. The normalized spacial score (nSPS) is 13.3. The van der Waals surface area contributed by atoms with Crippen LogP contribution in [0.2, 0.25) is 0 Å². The molecule has 1 aliphatic heterocycles. The van der Waals surface area contributed by atoms with Crippen LogP contribution in [0.4, 0.5) is 4.79 Å². The van der Waals surface area contributed by atoms with Crippen LogP contribution >= 0.6 is 0 Å². The summed E-state index contributed by atoms with van der Waals surface area (Å²) in [5, 5.41) is 11.5. The van der Waals surface area contributed by atoms with Gasteiger partial charge in [-0.25, -0.2) is 4.79 Å². The van der Waals surface area contributed by atoms with Gasteiger partial charge in [-0.15, -0.1) is 0 Å². The fourth-order valence-electron chi connectivity index (χ4n) is 2.35. The largest absolute Gasteiger partial charge is 0.395 e. The van der Waals surface area contributed by atoms with Gasteiger partial charge in [-0.1, -0.05) is 12.1 Å². The van der Waals surface area contributed by atoms with Gasteiger partial charge in [0.05, 0.1) is 17.7 Å². The van der Waals surface area contributed by atoms with Gasteiger partial charge in [-0.3, -0.25) is 14.5 Å². The summed E-state index contributed by atoms with van der Waals surface area (Å²) in [6, 6.07) is 6.34. The third-order valence-electron chi connectivity index (χ3n) is 3.53. The van der Waals surface area contributed by atoms with Gasteiger partial charge < -0.3 is 15.3 Å². The van der Waals surface area contributed by atoms with Gasteiger partial charge >= 0.3 is 6.03 Å². The van der Waals surface area contributed by atoms with E-state index in [4.69, 9.17) is 5.11 Å². The molecule has 1 aromatic rings. The van der Waals surface area contributed by atoms with Crippen LogP contribution in [0.25, 0.3) is 0 Å². The maximum absolute atomic E-state index is 12.1. The van der Waals surface area contributed by atoms with Crippen molar-refractivity contribution in [2.24, 2.45) is 0 Å². The Labute approximate surface area is 128 Å². The van der Waals surface area contributed by atoms with E-state index < -0.39 is 0 Å². The lowest BCUT2D eigenvalue weighted by Crippen LogP contribution is -2.45. The monoisotopic (exact) mass is 305 g/mol. The van der Waals surface area contributed by atoms with Crippen molar-refractivity contribution < 1.29 is 19.5 Å². The lowest BCUT2D eigenvalue weighted by Gasteiger charge is -2.21. The molecule has 0 saturated carbocycles. The van der Waals surface area contributed by atoms with Gasteiger partial charge in [0.25, 0.3) is 11.8 Å². The number of nitrogens with one attached hydrogen (secondary N) is 1. The van der Waals surface area contributed by atoms with E-state index in [0.717, 1.165) is 4.90 Å². The minimum atomic E-state index is -0.336. The number of imide groups is 1. The standard InChI is InChI=1S/C15H19N3O4/c1-2-17(9-10-19)15(22)16-7-8-18-13(20)11-5-3-4-6-12(11)14(18)21/h3-6,19H,2,7-10H2,1H3,(H,16,22). The Morgan fingerprint density at radius 1 is 1.23 bits per heavy atom. The molecule has 0 spiro atoms. The Balaban J connectivity index is 1.90. The second-order valence-corrected chi connectivity index (χ2v) is 4.84. The number of fused-ring (bicyclic) bond motifs is 1. The van der Waals surface area contributed by atoms with Gasteiger partial charge in [0.1, 0.15) is 0 Å². The first-order chi connectivity index (χ1) is 10.6. The summed E-state index contributed by atoms with van der Waals surface area (Å²) in [4.78, 5) is 38.7. The van der Waals surface area contributed by atoms with Crippen molar-refractivity contribution in [1.82, 2.24) is 15.1 Å². The van der Waals surface area contributed by atoms with Crippen molar-refractivity contribution in [3.63, 3.8) is 0 Å². The number of carbonyl (C=O) groups is 3. The molecule has 0 aromatic heterocycles. The number of rotatable bonds is 6.